The second-order valence-electron chi connectivity index (χ2n) is 7.79. The molecule has 0 fully saturated rings. The first-order valence-corrected chi connectivity index (χ1v) is 10.2. The Bertz CT molecular complexity index is 1460. The predicted octanol–water partition coefficient (Wildman–Crippen LogP) is 3.04. The fraction of sp³-hybridized carbons (Fsp3) is 0.227. The Kier molecular flexibility index (Phi) is 4.00. The molecule has 1 amide bonds. The number of para-hydroxylation sites is 1. The van der Waals surface area contributed by atoms with Gasteiger partial charge in [-0.05, 0) is 19.1 Å². The van der Waals surface area contributed by atoms with Gasteiger partial charge in [-0.15, -0.1) is 10.2 Å². The van der Waals surface area contributed by atoms with E-state index in [9.17, 15) is 4.79 Å². The summed E-state index contributed by atoms with van der Waals surface area (Å²) in [4.78, 5) is 22.9. The van der Waals surface area contributed by atoms with Gasteiger partial charge in [0.25, 0.3) is 5.89 Å². The van der Waals surface area contributed by atoms with Gasteiger partial charge in [0.1, 0.15) is 23.1 Å². The van der Waals surface area contributed by atoms with E-state index in [-0.39, 0.29) is 17.7 Å². The summed E-state index contributed by atoms with van der Waals surface area (Å²) in [7, 11) is 1.79. The maximum atomic E-state index is 13.5. The van der Waals surface area contributed by atoms with Crippen molar-refractivity contribution in [3.05, 3.63) is 71.5 Å². The van der Waals surface area contributed by atoms with E-state index >= 15 is 0 Å². The van der Waals surface area contributed by atoms with Gasteiger partial charge in [0.2, 0.25) is 0 Å². The highest BCUT2D eigenvalue weighted by Gasteiger charge is 2.39. The van der Waals surface area contributed by atoms with Crippen LogP contribution in [0.15, 0.2) is 51.7 Å². The lowest BCUT2D eigenvalue weighted by molar-refractivity contribution is 0.0632. The third kappa shape index (κ3) is 2.76. The zero-order valence-corrected chi connectivity index (χ0v) is 17.4. The molecule has 1 atom stereocenters. The molecule has 5 heterocycles. The van der Waals surface area contributed by atoms with Gasteiger partial charge in [0.15, 0.2) is 0 Å². The van der Waals surface area contributed by atoms with Gasteiger partial charge in [-0.3, -0.25) is 9.48 Å². The zero-order chi connectivity index (χ0) is 21.8. The van der Waals surface area contributed by atoms with Crippen LogP contribution in [0, 0.1) is 6.92 Å². The number of aryl methyl sites for hydroxylation is 2. The molecule has 0 spiro atoms. The molecule has 10 nitrogen and oxygen atoms in total. The van der Waals surface area contributed by atoms with E-state index in [4.69, 9.17) is 8.83 Å². The molecule has 1 aromatic carbocycles. The maximum Gasteiger partial charge on any atom is 0.312 e. The average molecular weight is 429 g/mol. The number of carbonyl (C=O) groups is 1. The number of amides is 1. The average Bonchev–Trinajstić information content (AvgIpc) is 3.59. The lowest BCUT2D eigenvalue weighted by atomic mass is 9.97. The highest BCUT2D eigenvalue weighted by Crippen LogP contribution is 2.39. The smallest absolute Gasteiger partial charge is 0.312 e. The molecule has 0 bridgehead atoms. The molecule has 10 heteroatoms. The minimum atomic E-state index is -0.505. The van der Waals surface area contributed by atoms with Crippen LogP contribution in [0.2, 0.25) is 0 Å². The number of benzene rings is 1. The molecule has 1 aliphatic rings. The van der Waals surface area contributed by atoms with Crippen LogP contribution in [0.3, 0.4) is 0 Å². The molecule has 0 radical (unpaired) electrons. The molecule has 0 unspecified atom stereocenters. The molecule has 0 aliphatic carbocycles. The summed E-state index contributed by atoms with van der Waals surface area (Å²) in [6.45, 7) is 2.45. The zero-order valence-electron chi connectivity index (χ0n) is 17.4. The molecule has 5 aromatic rings. The third-order valence-corrected chi connectivity index (χ3v) is 5.86. The Morgan fingerprint density at radius 3 is 2.88 bits per heavy atom. The molecular formula is C22H19N7O3. The number of aromatic amines is 1. The number of rotatable bonds is 3. The normalized spacial score (nSPS) is 15.9. The van der Waals surface area contributed by atoms with E-state index < -0.39 is 6.04 Å². The first-order chi connectivity index (χ1) is 15.6. The number of H-pyrrole nitrogens is 1. The Morgan fingerprint density at radius 1 is 1.19 bits per heavy atom. The van der Waals surface area contributed by atoms with Crippen molar-refractivity contribution in [1.82, 2.24) is 34.8 Å². The molecule has 160 valence electrons. The molecule has 0 saturated carbocycles. The number of fused-ring (bicyclic) bond motifs is 2. The van der Waals surface area contributed by atoms with Crippen molar-refractivity contribution in [2.24, 2.45) is 7.05 Å². The van der Waals surface area contributed by atoms with Gasteiger partial charge < -0.3 is 18.7 Å². The number of imidazole rings is 1. The van der Waals surface area contributed by atoms with E-state index in [2.05, 4.69) is 25.3 Å². The van der Waals surface area contributed by atoms with Crippen LogP contribution in [0.4, 0.5) is 0 Å². The monoisotopic (exact) mass is 429 g/mol. The first-order valence-electron chi connectivity index (χ1n) is 10.2. The van der Waals surface area contributed by atoms with Crippen molar-refractivity contribution in [3.63, 3.8) is 0 Å². The van der Waals surface area contributed by atoms with Crippen molar-refractivity contribution in [1.29, 1.82) is 0 Å². The van der Waals surface area contributed by atoms with E-state index in [1.807, 2.05) is 31.2 Å². The summed E-state index contributed by atoms with van der Waals surface area (Å²) in [5, 5.41) is 13.3. The number of aromatic nitrogens is 6. The molecule has 0 saturated heterocycles. The highest BCUT2D eigenvalue weighted by molar-refractivity contribution is 5.91. The summed E-state index contributed by atoms with van der Waals surface area (Å²) in [5.74, 6) is 0.404. The predicted molar refractivity (Wildman–Crippen MR) is 113 cm³/mol. The number of furan rings is 1. The van der Waals surface area contributed by atoms with Crippen molar-refractivity contribution in [2.45, 2.75) is 19.4 Å². The Balaban J connectivity index is 1.43. The lowest BCUT2D eigenvalue weighted by Crippen LogP contribution is -2.41. The minimum absolute atomic E-state index is 0.0941. The standard InChI is InChI=1S/C22H19N7O3/c1-12-13-5-3-4-6-16(13)31-19(12)18-17-14(23-11-24-17)8-10-29(18)22(30)21-26-25-20(32-21)15-7-9-28(2)27-15/h3-7,9,11,18H,8,10H2,1-2H3,(H,23,24)/t18-/m0/s1. The van der Waals surface area contributed by atoms with Crippen LogP contribution in [0.25, 0.3) is 22.6 Å². The fourth-order valence-electron chi connectivity index (χ4n) is 4.28. The maximum absolute atomic E-state index is 13.5. The highest BCUT2D eigenvalue weighted by atomic mass is 16.4. The molecule has 6 rings (SSSR count). The topological polar surface area (TPSA) is 119 Å². The summed E-state index contributed by atoms with van der Waals surface area (Å²) in [5.41, 5.74) is 4.00. The van der Waals surface area contributed by atoms with E-state index in [0.29, 0.717) is 24.4 Å². The van der Waals surface area contributed by atoms with Gasteiger partial charge >= 0.3 is 11.8 Å². The van der Waals surface area contributed by atoms with Crippen LogP contribution in [0.5, 0.6) is 0 Å². The number of nitrogens with zero attached hydrogens (tertiary/aromatic N) is 6. The largest absolute Gasteiger partial charge is 0.458 e. The Hall–Kier alpha value is -4.21. The second-order valence-corrected chi connectivity index (χ2v) is 7.79. The summed E-state index contributed by atoms with van der Waals surface area (Å²) < 4.78 is 13.6. The molecule has 1 aliphatic heterocycles. The third-order valence-electron chi connectivity index (χ3n) is 5.86. The fourth-order valence-corrected chi connectivity index (χ4v) is 4.28. The molecule has 4 aromatic heterocycles. The van der Waals surface area contributed by atoms with E-state index in [1.54, 1.807) is 35.2 Å². The molecule has 1 N–H and O–H groups in total. The van der Waals surface area contributed by atoms with Crippen molar-refractivity contribution >= 4 is 16.9 Å². The summed E-state index contributed by atoms with van der Waals surface area (Å²) >= 11 is 0. The van der Waals surface area contributed by atoms with Gasteiger partial charge in [0.05, 0.1) is 12.0 Å². The van der Waals surface area contributed by atoms with Crippen LogP contribution in [-0.4, -0.2) is 47.3 Å². The van der Waals surface area contributed by atoms with Gasteiger partial charge in [-0.2, -0.15) is 5.10 Å². The van der Waals surface area contributed by atoms with Gasteiger partial charge in [-0.25, -0.2) is 4.98 Å². The van der Waals surface area contributed by atoms with Crippen LogP contribution in [-0.2, 0) is 13.5 Å². The van der Waals surface area contributed by atoms with E-state index in [1.165, 1.54) is 0 Å². The first kappa shape index (κ1) is 18.6. The van der Waals surface area contributed by atoms with Crippen molar-refractivity contribution in [2.75, 3.05) is 6.54 Å². The SMILES string of the molecule is Cc1c([C@@H]2c3nc[nH]c3CCN2C(=O)c2nnc(-c3ccn(C)n3)o2)oc2ccccc12. The Morgan fingerprint density at radius 2 is 2.06 bits per heavy atom. The number of nitrogens with one attached hydrogen (secondary N) is 1. The lowest BCUT2D eigenvalue weighted by Gasteiger charge is -2.33. The minimum Gasteiger partial charge on any atom is -0.458 e. The Labute approximate surface area is 181 Å². The number of hydrogen-bond donors (Lipinski definition) is 1. The van der Waals surface area contributed by atoms with Gasteiger partial charge in [-0.1, -0.05) is 18.2 Å². The summed E-state index contributed by atoms with van der Waals surface area (Å²) in [6.07, 6.45) is 4.05. The van der Waals surface area contributed by atoms with Crippen LogP contribution in [0.1, 0.15) is 39.4 Å². The summed E-state index contributed by atoms with van der Waals surface area (Å²) in [6, 6.07) is 9.07. The molecule has 32 heavy (non-hydrogen) atoms. The number of hydrogen-bond acceptors (Lipinski definition) is 7. The number of carbonyl (C=O) groups excluding carboxylic acids is 1. The van der Waals surface area contributed by atoms with E-state index in [0.717, 1.165) is 27.9 Å². The van der Waals surface area contributed by atoms with Crippen LogP contribution >= 0.6 is 0 Å². The van der Waals surface area contributed by atoms with Crippen molar-refractivity contribution in [3.8, 4) is 11.6 Å². The molecular weight excluding hydrogens is 410 g/mol. The van der Waals surface area contributed by atoms with Gasteiger partial charge in [0, 0.05) is 42.9 Å². The van der Waals surface area contributed by atoms with Crippen molar-refractivity contribution < 1.29 is 13.6 Å². The quantitative estimate of drug-likeness (QED) is 0.468. The second kappa shape index (κ2) is 6.91. The van der Waals surface area contributed by atoms with Crippen LogP contribution < -0.4 is 0 Å².